The molecule has 8 heteroatoms. The van der Waals surface area contributed by atoms with Gasteiger partial charge in [0, 0.05) is 13.2 Å². The van der Waals surface area contributed by atoms with Gasteiger partial charge in [0.2, 0.25) is 5.91 Å². The van der Waals surface area contributed by atoms with Crippen LogP contribution in [0.1, 0.15) is 45.7 Å². The van der Waals surface area contributed by atoms with Crippen LogP contribution in [-0.4, -0.2) is 32.4 Å². The maximum Gasteiger partial charge on any atom is 0.408 e. The van der Waals surface area contributed by atoms with Crippen LogP contribution in [0.5, 0.6) is 0 Å². The van der Waals surface area contributed by atoms with Crippen molar-refractivity contribution in [1.29, 1.82) is 0 Å². The molecule has 0 fully saturated rings. The number of ether oxygens (including phenoxy) is 1. The Morgan fingerprint density at radius 2 is 2.14 bits per heavy atom. The van der Waals surface area contributed by atoms with Gasteiger partial charge in [0.25, 0.3) is 0 Å². The summed E-state index contributed by atoms with van der Waals surface area (Å²) < 4.78 is 7.09. The summed E-state index contributed by atoms with van der Waals surface area (Å²) in [5, 5.41) is 10.1. The van der Waals surface area contributed by atoms with Crippen molar-refractivity contribution < 1.29 is 14.3 Å². The third kappa shape index (κ3) is 5.01. The molecule has 0 aromatic carbocycles. The number of pyridine rings is 1. The van der Waals surface area contributed by atoms with Crippen molar-refractivity contribution >= 4 is 17.7 Å². The predicted octanol–water partition coefficient (Wildman–Crippen LogP) is 3.58. The number of hydrogen-bond donors (Lipinski definition) is 2. The largest absolute Gasteiger partial charge is 0.444 e. The summed E-state index contributed by atoms with van der Waals surface area (Å²) in [6, 6.07) is 3.44. The van der Waals surface area contributed by atoms with E-state index < -0.39 is 11.7 Å². The zero-order valence-corrected chi connectivity index (χ0v) is 17.4. The number of fused-ring (bicyclic) bond motifs is 4. The first-order valence-corrected chi connectivity index (χ1v) is 9.59. The van der Waals surface area contributed by atoms with E-state index in [1.165, 1.54) is 0 Å². The van der Waals surface area contributed by atoms with Gasteiger partial charge >= 0.3 is 6.09 Å². The lowest BCUT2D eigenvalue weighted by molar-refractivity contribution is -0.118. The number of aromatic nitrogens is 3. The molecule has 0 radical (unpaired) electrons. The summed E-state index contributed by atoms with van der Waals surface area (Å²) in [6.45, 7) is 7.29. The van der Waals surface area contributed by atoms with Crippen LogP contribution >= 0.6 is 0 Å². The third-order valence-corrected chi connectivity index (χ3v) is 4.53. The van der Waals surface area contributed by atoms with Gasteiger partial charge < -0.3 is 15.4 Å². The number of rotatable bonds is 1. The average Bonchev–Trinajstić information content (AvgIpc) is 2.98. The molecule has 2 aromatic heterocycles. The van der Waals surface area contributed by atoms with Gasteiger partial charge in [-0.1, -0.05) is 19.1 Å². The highest BCUT2D eigenvalue weighted by molar-refractivity contribution is 5.96. The quantitative estimate of drug-likeness (QED) is 0.717. The number of carbonyl (C=O) groups excluding carboxylic acids is 2. The second-order valence-corrected chi connectivity index (χ2v) is 8.15. The van der Waals surface area contributed by atoms with Crippen LogP contribution in [0.4, 0.5) is 10.5 Å². The van der Waals surface area contributed by atoms with Crippen LogP contribution in [0.25, 0.3) is 11.4 Å². The van der Waals surface area contributed by atoms with Crippen molar-refractivity contribution in [2.45, 2.75) is 45.8 Å². The number of carbonyl (C=O) groups is 2. The van der Waals surface area contributed by atoms with Crippen molar-refractivity contribution in [3.8, 4) is 11.4 Å². The molecule has 1 aliphatic heterocycles. The van der Waals surface area contributed by atoms with E-state index >= 15 is 0 Å². The maximum absolute atomic E-state index is 12.5. The Morgan fingerprint density at radius 3 is 2.86 bits per heavy atom. The fourth-order valence-electron chi connectivity index (χ4n) is 3.11. The lowest BCUT2D eigenvalue weighted by atomic mass is 10.0. The first-order valence-electron chi connectivity index (χ1n) is 9.59. The van der Waals surface area contributed by atoms with Gasteiger partial charge in [-0.3, -0.25) is 14.5 Å². The number of hydrogen-bond acceptors (Lipinski definition) is 5. The van der Waals surface area contributed by atoms with Crippen LogP contribution in [0, 0.1) is 5.92 Å². The van der Waals surface area contributed by atoms with Crippen molar-refractivity contribution in [2.24, 2.45) is 13.0 Å². The summed E-state index contributed by atoms with van der Waals surface area (Å²) in [6.07, 6.45) is 7.05. The number of nitrogens with one attached hydrogen (secondary N) is 2. The zero-order valence-electron chi connectivity index (χ0n) is 17.4. The summed E-state index contributed by atoms with van der Waals surface area (Å²) >= 11 is 0. The number of nitrogens with zero attached hydrogens (tertiary/aromatic N) is 3. The summed E-state index contributed by atoms with van der Waals surface area (Å²) in [5.74, 6) is -0.472. The first-order chi connectivity index (χ1) is 13.6. The summed E-state index contributed by atoms with van der Waals surface area (Å²) in [4.78, 5) is 29.4. The smallest absolute Gasteiger partial charge is 0.408 e. The number of aryl methyl sites for hydroxylation is 1. The summed E-state index contributed by atoms with van der Waals surface area (Å²) in [5.41, 5.74) is 2.25. The van der Waals surface area contributed by atoms with Crippen molar-refractivity contribution in [3.05, 3.63) is 42.2 Å². The monoisotopic (exact) mass is 397 g/mol. The molecule has 0 saturated carbocycles. The summed E-state index contributed by atoms with van der Waals surface area (Å²) in [7, 11) is 1.80. The van der Waals surface area contributed by atoms with E-state index in [1.807, 2.05) is 52.0 Å². The Morgan fingerprint density at radius 1 is 1.38 bits per heavy atom. The fourth-order valence-corrected chi connectivity index (χ4v) is 3.11. The Kier molecular flexibility index (Phi) is 5.72. The van der Waals surface area contributed by atoms with Crippen LogP contribution in [0.3, 0.4) is 0 Å². The van der Waals surface area contributed by atoms with Crippen molar-refractivity contribution in [1.82, 2.24) is 20.1 Å². The van der Waals surface area contributed by atoms with Crippen LogP contribution in [-0.2, 0) is 16.6 Å². The second kappa shape index (κ2) is 8.06. The molecule has 29 heavy (non-hydrogen) atoms. The molecule has 2 aromatic rings. The van der Waals surface area contributed by atoms with E-state index in [2.05, 4.69) is 20.7 Å². The topological polar surface area (TPSA) is 98.1 Å². The minimum Gasteiger partial charge on any atom is -0.444 e. The highest BCUT2D eigenvalue weighted by Crippen LogP contribution is 2.29. The Labute approximate surface area is 170 Å². The van der Waals surface area contributed by atoms with Gasteiger partial charge in [0.15, 0.2) is 0 Å². The molecule has 0 unspecified atom stereocenters. The first kappa shape index (κ1) is 20.6. The predicted molar refractivity (Wildman–Crippen MR) is 110 cm³/mol. The molecule has 2 amide bonds. The van der Waals surface area contributed by atoms with Crippen molar-refractivity contribution in [2.75, 3.05) is 5.32 Å². The Hall–Kier alpha value is -3.16. The van der Waals surface area contributed by atoms with E-state index in [0.717, 1.165) is 5.56 Å². The molecular weight excluding hydrogens is 370 g/mol. The molecule has 154 valence electrons. The molecule has 3 rings (SSSR count). The van der Waals surface area contributed by atoms with Crippen LogP contribution < -0.4 is 10.6 Å². The zero-order chi connectivity index (χ0) is 21.2. The molecule has 0 aliphatic carbocycles. The minimum absolute atomic E-state index is 0.135. The van der Waals surface area contributed by atoms with Crippen molar-refractivity contribution in [3.63, 3.8) is 0 Å². The average molecular weight is 397 g/mol. The highest BCUT2D eigenvalue weighted by Gasteiger charge is 2.23. The van der Waals surface area contributed by atoms with Gasteiger partial charge in [-0.05, 0) is 44.9 Å². The highest BCUT2D eigenvalue weighted by atomic mass is 16.6. The molecule has 2 atom stereocenters. The molecule has 0 saturated heterocycles. The maximum atomic E-state index is 12.5. The van der Waals surface area contributed by atoms with E-state index in [-0.39, 0.29) is 17.9 Å². The molecule has 0 spiro atoms. The van der Waals surface area contributed by atoms with E-state index in [4.69, 9.17) is 4.74 Å². The van der Waals surface area contributed by atoms with E-state index in [9.17, 15) is 9.59 Å². The van der Waals surface area contributed by atoms with Gasteiger partial charge in [-0.25, -0.2) is 4.79 Å². The number of alkyl carbamates (subject to hydrolysis) is 1. The molecule has 1 aliphatic rings. The van der Waals surface area contributed by atoms with Gasteiger partial charge in [-0.15, -0.1) is 0 Å². The SMILES string of the molecule is C[C@@H]1/C=C/C[C@H](NC(=O)OC(C)(C)C)c2ccnc(c2)-c2c(cnn2C)NC1=O. The molecule has 3 heterocycles. The number of amides is 2. The van der Waals surface area contributed by atoms with Crippen LogP contribution in [0.15, 0.2) is 36.7 Å². The Balaban J connectivity index is 2.02. The standard InChI is InChI=1S/C21H27N5O3/c1-13-7-6-8-15(25-20(28)29-21(2,3)4)14-9-10-22-16(11-14)18-17(24-19(13)27)12-23-26(18)5/h6-7,9-13,15H,8H2,1-5H3,(H,24,27)(H,25,28)/b7-6+/t13-,15+/m1/s1. The fraction of sp³-hybridized carbons (Fsp3) is 0.429. The lowest BCUT2D eigenvalue weighted by Crippen LogP contribution is -2.35. The Bertz CT molecular complexity index is 942. The number of anilines is 1. The molecule has 2 N–H and O–H groups in total. The molecule has 2 bridgehead atoms. The van der Waals surface area contributed by atoms with E-state index in [1.54, 1.807) is 24.1 Å². The van der Waals surface area contributed by atoms with Gasteiger partial charge in [0.1, 0.15) is 11.3 Å². The third-order valence-electron chi connectivity index (χ3n) is 4.53. The van der Waals surface area contributed by atoms with Crippen LogP contribution in [0.2, 0.25) is 0 Å². The second-order valence-electron chi connectivity index (χ2n) is 8.15. The molecule has 8 nitrogen and oxygen atoms in total. The van der Waals surface area contributed by atoms with Gasteiger partial charge in [0.05, 0.1) is 29.5 Å². The van der Waals surface area contributed by atoms with Gasteiger partial charge in [-0.2, -0.15) is 5.10 Å². The molecular formula is C21H27N5O3. The lowest BCUT2D eigenvalue weighted by Gasteiger charge is -2.24. The normalized spacial score (nSPS) is 20.5. The minimum atomic E-state index is -0.592. The van der Waals surface area contributed by atoms with E-state index in [0.29, 0.717) is 23.5 Å².